The number of hydrogen-bond acceptors (Lipinski definition) is 8. The van der Waals surface area contributed by atoms with Crippen LogP contribution in [-0.2, 0) is 26.8 Å². The van der Waals surface area contributed by atoms with Gasteiger partial charge in [-0.2, -0.15) is 18.1 Å². The normalized spacial score (nSPS) is 11.8. The molecule has 13 heteroatoms. The van der Waals surface area contributed by atoms with Gasteiger partial charge in [0.05, 0.1) is 4.90 Å². The van der Waals surface area contributed by atoms with Gasteiger partial charge in [-0.1, -0.05) is 25.1 Å². The summed E-state index contributed by atoms with van der Waals surface area (Å²) < 4.78 is 51.3. The maximum atomic E-state index is 11.7. The topological polar surface area (TPSA) is 168 Å². The molecule has 0 aliphatic carbocycles. The number of nitrogens with zero attached hydrogens (tertiary/aromatic N) is 2. The Kier molecular flexibility index (Phi) is 7.61. The van der Waals surface area contributed by atoms with Crippen LogP contribution in [0.1, 0.15) is 18.1 Å². The van der Waals surface area contributed by atoms with Crippen molar-refractivity contribution in [1.29, 1.82) is 0 Å². The van der Waals surface area contributed by atoms with E-state index < -0.39 is 20.2 Å². The third-order valence-electron chi connectivity index (χ3n) is 4.41. The fraction of sp³-hybridized carbons (Fsp3) is 0.200. The van der Waals surface area contributed by atoms with Crippen molar-refractivity contribution >= 4 is 43.4 Å². The minimum atomic E-state index is -3.83. The summed E-state index contributed by atoms with van der Waals surface area (Å²) in [4.78, 5) is 8.66. The average molecular weight is 492 g/mol. The molecule has 2 aromatic carbocycles. The lowest BCUT2D eigenvalue weighted by Gasteiger charge is -2.12. The van der Waals surface area contributed by atoms with Crippen LogP contribution < -0.4 is 25.2 Å². The molecule has 3 aromatic rings. The summed E-state index contributed by atoms with van der Waals surface area (Å²) in [6, 6.07) is 13.2. The fourth-order valence-corrected chi connectivity index (χ4v) is 4.17. The maximum Gasteiger partial charge on any atom is 0.277 e. The highest BCUT2D eigenvalue weighted by atomic mass is 32.2. The molecule has 0 saturated carbocycles. The van der Waals surface area contributed by atoms with Crippen LogP contribution in [0.3, 0.4) is 0 Å². The van der Waals surface area contributed by atoms with Crippen molar-refractivity contribution < 1.29 is 16.8 Å². The van der Waals surface area contributed by atoms with E-state index in [1.54, 1.807) is 49.5 Å². The average Bonchev–Trinajstić information content (AvgIpc) is 2.75. The quantitative estimate of drug-likeness (QED) is 0.286. The van der Waals surface area contributed by atoms with Crippen LogP contribution in [0, 0.1) is 6.92 Å². The molecule has 0 aliphatic heterocycles. The highest BCUT2D eigenvalue weighted by Gasteiger charge is 2.10. The Hall–Kier alpha value is -3.10. The van der Waals surface area contributed by atoms with Crippen molar-refractivity contribution in [2.24, 2.45) is 5.14 Å². The number of aryl methyl sites for hydroxylation is 1. The van der Waals surface area contributed by atoms with Gasteiger partial charge in [0.1, 0.15) is 5.82 Å². The van der Waals surface area contributed by atoms with Crippen LogP contribution in [0.5, 0.6) is 0 Å². The number of nitrogens with two attached hydrogens (primary N) is 1. The molecule has 0 aliphatic rings. The van der Waals surface area contributed by atoms with Crippen LogP contribution >= 0.6 is 0 Å². The van der Waals surface area contributed by atoms with E-state index in [0.29, 0.717) is 18.1 Å². The molecule has 0 saturated heterocycles. The number of primary sulfonamides is 1. The Bertz CT molecular complexity index is 1330. The van der Waals surface area contributed by atoms with Gasteiger partial charge in [0.2, 0.25) is 16.0 Å². The lowest BCUT2D eigenvalue weighted by Crippen LogP contribution is -2.35. The number of anilines is 4. The molecule has 0 fully saturated rings. The van der Waals surface area contributed by atoms with Gasteiger partial charge in [-0.3, -0.25) is 0 Å². The minimum Gasteiger partial charge on any atom is -0.340 e. The summed E-state index contributed by atoms with van der Waals surface area (Å²) in [6.07, 6.45) is 1.63. The van der Waals surface area contributed by atoms with Crippen LogP contribution in [0.15, 0.2) is 59.6 Å². The summed E-state index contributed by atoms with van der Waals surface area (Å²) in [5, 5.41) is 11.3. The van der Waals surface area contributed by atoms with E-state index in [9.17, 15) is 16.8 Å². The second-order valence-electron chi connectivity index (χ2n) is 7.07. The standard InChI is InChI=1S/C20H25N7O4S2/c1-3-23-33(30,31)24-13-15-7-9-16(10-8-15)25-19-14(2)12-22-20(27-19)26-17-5-4-6-18(11-17)32(21,28)29/h4-12,23-24H,3,13H2,1-2H3,(H2,21,28,29)(H2,22,25,26,27). The summed E-state index contributed by atoms with van der Waals surface area (Å²) in [5.74, 6) is 0.819. The highest BCUT2D eigenvalue weighted by molar-refractivity contribution is 7.89. The van der Waals surface area contributed by atoms with Crippen LogP contribution in [0.4, 0.5) is 23.1 Å². The van der Waals surface area contributed by atoms with Gasteiger partial charge in [0.15, 0.2) is 0 Å². The summed E-state index contributed by atoms with van der Waals surface area (Å²) in [7, 11) is -7.34. The van der Waals surface area contributed by atoms with Gasteiger partial charge < -0.3 is 10.6 Å². The summed E-state index contributed by atoms with van der Waals surface area (Å²) in [6.45, 7) is 4.02. The molecule has 0 radical (unpaired) electrons. The van der Waals surface area contributed by atoms with E-state index in [4.69, 9.17) is 5.14 Å². The Morgan fingerprint density at radius 1 is 0.939 bits per heavy atom. The van der Waals surface area contributed by atoms with Crippen molar-refractivity contribution in [3.8, 4) is 0 Å². The van der Waals surface area contributed by atoms with Gasteiger partial charge >= 0.3 is 0 Å². The van der Waals surface area contributed by atoms with Crippen LogP contribution in [0.25, 0.3) is 0 Å². The number of sulfonamides is 1. The molecule has 0 amide bonds. The van der Waals surface area contributed by atoms with E-state index in [2.05, 4.69) is 30.0 Å². The molecule has 0 unspecified atom stereocenters. The van der Waals surface area contributed by atoms with Crippen molar-refractivity contribution in [3.05, 3.63) is 65.9 Å². The zero-order chi connectivity index (χ0) is 24.1. The van der Waals surface area contributed by atoms with Gasteiger partial charge in [0, 0.05) is 36.2 Å². The first-order chi connectivity index (χ1) is 15.6. The SMILES string of the molecule is CCNS(=O)(=O)NCc1ccc(Nc2nc(Nc3cccc(S(N)(=O)=O)c3)ncc2C)cc1. The van der Waals surface area contributed by atoms with Gasteiger partial charge in [-0.15, -0.1) is 0 Å². The first-order valence-electron chi connectivity index (χ1n) is 9.89. The van der Waals surface area contributed by atoms with Crippen molar-refractivity contribution in [1.82, 2.24) is 19.4 Å². The number of aromatic nitrogens is 2. The number of rotatable bonds is 10. The number of hydrogen-bond donors (Lipinski definition) is 5. The Balaban J connectivity index is 1.70. The third-order valence-corrected chi connectivity index (χ3v) is 6.51. The van der Waals surface area contributed by atoms with Crippen molar-refractivity contribution in [2.45, 2.75) is 25.3 Å². The van der Waals surface area contributed by atoms with E-state index in [-0.39, 0.29) is 17.4 Å². The number of nitrogens with one attached hydrogen (secondary N) is 4. The van der Waals surface area contributed by atoms with Gasteiger partial charge in [-0.25, -0.2) is 23.3 Å². The number of benzene rings is 2. The fourth-order valence-electron chi connectivity index (χ4n) is 2.77. The second-order valence-corrected chi connectivity index (χ2v) is 10.2. The van der Waals surface area contributed by atoms with Gasteiger partial charge in [0.25, 0.3) is 10.2 Å². The van der Waals surface area contributed by atoms with E-state index in [1.165, 1.54) is 12.1 Å². The third kappa shape index (κ3) is 7.20. The Morgan fingerprint density at radius 2 is 1.67 bits per heavy atom. The van der Waals surface area contributed by atoms with Gasteiger partial charge in [-0.05, 0) is 42.8 Å². The largest absolute Gasteiger partial charge is 0.340 e. The van der Waals surface area contributed by atoms with Crippen LogP contribution in [0.2, 0.25) is 0 Å². The Morgan fingerprint density at radius 3 is 2.33 bits per heavy atom. The summed E-state index contributed by atoms with van der Waals surface area (Å²) in [5.41, 5.74) is 2.80. The molecular weight excluding hydrogens is 466 g/mol. The molecule has 0 atom stereocenters. The monoisotopic (exact) mass is 491 g/mol. The molecule has 0 bridgehead atoms. The predicted octanol–water partition coefficient (Wildman–Crippen LogP) is 1.86. The molecule has 1 heterocycles. The van der Waals surface area contributed by atoms with E-state index >= 15 is 0 Å². The smallest absolute Gasteiger partial charge is 0.277 e. The zero-order valence-corrected chi connectivity index (χ0v) is 19.7. The van der Waals surface area contributed by atoms with E-state index in [0.717, 1.165) is 16.8 Å². The predicted molar refractivity (Wildman–Crippen MR) is 127 cm³/mol. The van der Waals surface area contributed by atoms with E-state index in [1.807, 2.05) is 6.92 Å². The minimum absolute atomic E-state index is 0.0224. The molecule has 1 aromatic heterocycles. The first-order valence-corrected chi connectivity index (χ1v) is 12.9. The molecule has 176 valence electrons. The summed E-state index contributed by atoms with van der Waals surface area (Å²) >= 11 is 0. The lowest BCUT2D eigenvalue weighted by molar-refractivity contribution is 0.568. The zero-order valence-electron chi connectivity index (χ0n) is 18.0. The molecule has 33 heavy (non-hydrogen) atoms. The lowest BCUT2D eigenvalue weighted by atomic mass is 10.2. The molecule has 3 rings (SSSR count). The van der Waals surface area contributed by atoms with Crippen molar-refractivity contribution in [2.75, 3.05) is 17.2 Å². The molecule has 11 nitrogen and oxygen atoms in total. The maximum absolute atomic E-state index is 11.7. The molecule has 0 spiro atoms. The molecular formula is C20H25N7O4S2. The highest BCUT2D eigenvalue weighted by Crippen LogP contribution is 2.22. The Labute approximate surface area is 193 Å². The first kappa shape index (κ1) is 24.5. The molecule has 6 N–H and O–H groups in total. The second kappa shape index (κ2) is 10.2. The van der Waals surface area contributed by atoms with Crippen molar-refractivity contribution in [3.63, 3.8) is 0 Å². The van der Waals surface area contributed by atoms with Crippen LogP contribution in [-0.4, -0.2) is 33.3 Å².